The van der Waals surface area contributed by atoms with Crippen molar-refractivity contribution in [2.24, 2.45) is 0 Å². The number of carbonyl (C=O) groups is 1. The van der Waals surface area contributed by atoms with E-state index in [4.69, 9.17) is 4.74 Å². The Morgan fingerprint density at radius 2 is 1.76 bits per heavy atom. The largest absolute Gasteiger partial charge is 0.496 e. The molecule has 0 bridgehead atoms. The van der Waals surface area contributed by atoms with Crippen LogP contribution in [0.25, 0.3) is 0 Å². The second-order valence-corrected chi connectivity index (χ2v) is 8.72. The van der Waals surface area contributed by atoms with Crippen molar-refractivity contribution < 1.29 is 17.9 Å². The first-order chi connectivity index (χ1) is 14.0. The van der Waals surface area contributed by atoms with E-state index in [1.807, 2.05) is 24.3 Å². The van der Waals surface area contributed by atoms with Crippen molar-refractivity contribution in [3.63, 3.8) is 0 Å². The first-order valence-electron chi connectivity index (χ1n) is 9.65. The molecule has 0 spiro atoms. The van der Waals surface area contributed by atoms with E-state index >= 15 is 0 Å². The minimum absolute atomic E-state index is 0.117. The quantitative estimate of drug-likeness (QED) is 0.687. The minimum Gasteiger partial charge on any atom is -0.496 e. The minimum atomic E-state index is -3.71. The van der Waals surface area contributed by atoms with Gasteiger partial charge in [0.05, 0.1) is 18.0 Å². The van der Waals surface area contributed by atoms with Crippen LogP contribution in [0.3, 0.4) is 0 Å². The van der Waals surface area contributed by atoms with Gasteiger partial charge in [0.15, 0.2) is 0 Å². The summed E-state index contributed by atoms with van der Waals surface area (Å²) in [6, 6.07) is 13.5. The molecule has 2 aromatic carbocycles. The maximum atomic E-state index is 12.8. The Bertz CT molecular complexity index is 939. The maximum Gasteiger partial charge on any atom is 0.251 e. The van der Waals surface area contributed by atoms with Crippen LogP contribution in [0.15, 0.2) is 53.4 Å². The highest BCUT2D eigenvalue weighted by molar-refractivity contribution is 7.89. The third-order valence-electron chi connectivity index (χ3n) is 5.20. The molecule has 2 N–H and O–H groups in total. The average Bonchev–Trinajstić information content (AvgIpc) is 3.28. The molecule has 0 aromatic heterocycles. The van der Waals surface area contributed by atoms with E-state index in [2.05, 4.69) is 14.9 Å². The first kappa shape index (κ1) is 21.3. The summed E-state index contributed by atoms with van der Waals surface area (Å²) in [5.74, 6) is 0.491. The summed E-state index contributed by atoms with van der Waals surface area (Å²) in [5.41, 5.74) is 1.38. The second-order valence-electron chi connectivity index (χ2n) is 6.96. The molecule has 1 aliphatic heterocycles. The van der Waals surface area contributed by atoms with Gasteiger partial charge in [-0.25, -0.2) is 13.1 Å². The summed E-state index contributed by atoms with van der Waals surface area (Å²) < 4.78 is 33.9. The van der Waals surface area contributed by atoms with E-state index in [1.165, 1.54) is 31.3 Å². The van der Waals surface area contributed by atoms with Crippen molar-refractivity contribution in [2.75, 3.05) is 33.8 Å². The Morgan fingerprint density at radius 3 is 2.38 bits per heavy atom. The molecule has 0 saturated carbocycles. The molecule has 29 heavy (non-hydrogen) atoms. The molecule has 0 aliphatic carbocycles. The fourth-order valence-corrected chi connectivity index (χ4v) is 4.67. The number of rotatable bonds is 8. The standard InChI is InChI=1S/C21H27N3O4S/c1-22-21(25)16-9-11-17(12-10-16)29(26,27)23-15-19(24-13-5-6-14-24)18-7-3-4-8-20(18)28-2/h3-4,7-12,19,23H,5-6,13-15H2,1-2H3,(H,22,25). The van der Waals surface area contributed by atoms with Crippen molar-refractivity contribution in [3.05, 3.63) is 59.7 Å². The van der Waals surface area contributed by atoms with Crippen LogP contribution >= 0.6 is 0 Å². The van der Waals surface area contributed by atoms with Gasteiger partial charge in [-0.15, -0.1) is 0 Å². The fourth-order valence-electron chi connectivity index (χ4n) is 3.63. The van der Waals surface area contributed by atoms with Gasteiger partial charge in [-0.3, -0.25) is 9.69 Å². The zero-order chi connectivity index (χ0) is 20.9. The molecule has 1 heterocycles. The number of para-hydroxylation sites is 1. The van der Waals surface area contributed by atoms with Crippen LogP contribution in [-0.2, 0) is 10.0 Å². The third-order valence-corrected chi connectivity index (χ3v) is 6.64. The summed E-state index contributed by atoms with van der Waals surface area (Å²) >= 11 is 0. The number of carbonyl (C=O) groups excluding carboxylic acids is 1. The van der Waals surface area contributed by atoms with Gasteiger partial charge in [-0.05, 0) is 56.3 Å². The van der Waals surface area contributed by atoms with E-state index in [1.54, 1.807) is 7.11 Å². The van der Waals surface area contributed by atoms with E-state index < -0.39 is 10.0 Å². The van der Waals surface area contributed by atoms with Gasteiger partial charge in [-0.2, -0.15) is 0 Å². The SMILES string of the molecule is CNC(=O)c1ccc(S(=O)(=O)NCC(c2ccccc2OC)N2CCCC2)cc1. The normalized spacial score (nSPS) is 15.8. The molecule has 1 aliphatic rings. The summed E-state index contributed by atoms with van der Waals surface area (Å²) in [4.78, 5) is 14.1. The Hall–Kier alpha value is -2.42. The topological polar surface area (TPSA) is 87.7 Å². The number of hydrogen-bond donors (Lipinski definition) is 2. The highest BCUT2D eigenvalue weighted by Gasteiger charge is 2.27. The monoisotopic (exact) mass is 417 g/mol. The highest BCUT2D eigenvalue weighted by atomic mass is 32.2. The summed E-state index contributed by atoms with van der Waals surface area (Å²) in [5, 5.41) is 2.52. The third kappa shape index (κ3) is 4.95. The molecule has 2 aromatic rings. The van der Waals surface area contributed by atoms with Gasteiger partial charge in [0, 0.05) is 24.7 Å². The molecular formula is C21H27N3O4S. The van der Waals surface area contributed by atoms with Crippen molar-refractivity contribution in [1.29, 1.82) is 0 Å². The van der Waals surface area contributed by atoms with Gasteiger partial charge in [0.25, 0.3) is 5.91 Å². The molecule has 1 amide bonds. The molecule has 7 nitrogen and oxygen atoms in total. The van der Waals surface area contributed by atoms with Gasteiger partial charge < -0.3 is 10.1 Å². The van der Waals surface area contributed by atoms with Crippen molar-refractivity contribution >= 4 is 15.9 Å². The zero-order valence-corrected chi connectivity index (χ0v) is 17.5. The van der Waals surface area contributed by atoms with Crippen molar-refractivity contribution in [3.8, 4) is 5.75 Å². The van der Waals surface area contributed by atoms with Gasteiger partial charge >= 0.3 is 0 Å². The predicted molar refractivity (Wildman–Crippen MR) is 112 cm³/mol. The number of amides is 1. The van der Waals surface area contributed by atoms with E-state index in [0.717, 1.165) is 37.2 Å². The Morgan fingerprint density at radius 1 is 1.10 bits per heavy atom. The van der Waals surface area contributed by atoms with Crippen LogP contribution < -0.4 is 14.8 Å². The molecular weight excluding hydrogens is 390 g/mol. The summed E-state index contributed by atoms with van der Waals surface area (Å²) in [6.45, 7) is 2.08. The number of nitrogens with zero attached hydrogens (tertiary/aromatic N) is 1. The molecule has 1 saturated heterocycles. The zero-order valence-electron chi connectivity index (χ0n) is 16.7. The van der Waals surface area contributed by atoms with Gasteiger partial charge in [0.2, 0.25) is 10.0 Å². The number of benzene rings is 2. The van der Waals surface area contributed by atoms with Crippen LogP contribution in [0.4, 0.5) is 0 Å². The van der Waals surface area contributed by atoms with Crippen molar-refractivity contribution in [2.45, 2.75) is 23.8 Å². The van der Waals surface area contributed by atoms with Crippen LogP contribution in [0.2, 0.25) is 0 Å². The summed E-state index contributed by atoms with van der Waals surface area (Å²) in [7, 11) is -0.555. The average molecular weight is 418 g/mol. The number of ether oxygens (including phenoxy) is 1. The smallest absolute Gasteiger partial charge is 0.251 e. The molecule has 1 unspecified atom stereocenters. The van der Waals surface area contributed by atoms with E-state index in [0.29, 0.717) is 5.56 Å². The number of hydrogen-bond acceptors (Lipinski definition) is 5. The van der Waals surface area contributed by atoms with Gasteiger partial charge in [-0.1, -0.05) is 18.2 Å². The molecule has 8 heteroatoms. The lowest BCUT2D eigenvalue weighted by Gasteiger charge is -2.29. The maximum absolute atomic E-state index is 12.8. The predicted octanol–water partition coefficient (Wildman–Crippen LogP) is 2.17. The lowest BCUT2D eigenvalue weighted by molar-refractivity contribution is 0.0963. The van der Waals surface area contributed by atoms with Crippen LogP contribution in [0.1, 0.15) is 34.8 Å². The highest BCUT2D eigenvalue weighted by Crippen LogP contribution is 2.31. The summed E-state index contributed by atoms with van der Waals surface area (Å²) in [6.07, 6.45) is 2.19. The number of nitrogens with one attached hydrogen (secondary N) is 2. The Labute approximate surface area is 172 Å². The molecule has 1 fully saturated rings. The van der Waals surface area contributed by atoms with Crippen LogP contribution in [0, 0.1) is 0 Å². The number of methoxy groups -OCH3 is 1. The Kier molecular flexibility index (Phi) is 6.89. The molecule has 156 valence electrons. The molecule has 1 atom stereocenters. The molecule has 0 radical (unpaired) electrons. The lowest BCUT2D eigenvalue weighted by atomic mass is 10.0. The van der Waals surface area contributed by atoms with Gasteiger partial charge in [0.1, 0.15) is 5.75 Å². The second kappa shape index (κ2) is 9.39. The van der Waals surface area contributed by atoms with Crippen molar-refractivity contribution in [1.82, 2.24) is 14.9 Å². The van der Waals surface area contributed by atoms with Crippen LogP contribution in [-0.4, -0.2) is 53.0 Å². The molecule has 3 rings (SSSR count). The Balaban J connectivity index is 1.80. The first-order valence-corrected chi connectivity index (χ1v) is 11.1. The number of likely N-dealkylation sites (tertiary alicyclic amines) is 1. The van der Waals surface area contributed by atoms with E-state index in [-0.39, 0.29) is 23.4 Å². The lowest BCUT2D eigenvalue weighted by Crippen LogP contribution is -2.37. The fraction of sp³-hybridized carbons (Fsp3) is 0.381. The number of sulfonamides is 1. The van der Waals surface area contributed by atoms with Crippen LogP contribution in [0.5, 0.6) is 5.75 Å². The van der Waals surface area contributed by atoms with E-state index in [9.17, 15) is 13.2 Å².